The van der Waals surface area contributed by atoms with Gasteiger partial charge in [0.15, 0.2) is 0 Å². The van der Waals surface area contributed by atoms with Crippen LogP contribution in [0.2, 0.25) is 0 Å². The molecule has 7 heteroatoms. The lowest BCUT2D eigenvalue weighted by Gasteiger charge is -2.12. The minimum atomic E-state index is -0.633. The fraction of sp³-hybridized carbons (Fsp3) is 0.111. The second-order valence-corrected chi connectivity index (χ2v) is 5.55. The molecular weight excluding hydrogens is 320 g/mol. The summed E-state index contributed by atoms with van der Waals surface area (Å²) in [4.78, 5) is 41.3. The van der Waals surface area contributed by atoms with E-state index >= 15 is 0 Å². The number of benzene rings is 1. The van der Waals surface area contributed by atoms with E-state index in [-0.39, 0.29) is 12.2 Å². The number of hydrogen-bond donors (Lipinski definition) is 2. The lowest BCUT2D eigenvalue weighted by Crippen LogP contribution is -2.38. The van der Waals surface area contributed by atoms with Crippen LogP contribution < -0.4 is 10.6 Å². The first kappa shape index (κ1) is 16.4. The number of aryl methyl sites for hydroxylation is 1. The van der Waals surface area contributed by atoms with Gasteiger partial charge in [-0.05, 0) is 37.3 Å². The number of anilines is 1. The molecule has 1 aliphatic heterocycles. The first-order valence-corrected chi connectivity index (χ1v) is 7.65. The molecule has 1 aliphatic rings. The Kier molecular flexibility index (Phi) is 4.56. The normalized spacial score (nSPS) is 15.4. The van der Waals surface area contributed by atoms with Crippen LogP contribution >= 0.6 is 0 Å². The molecule has 0 radical (unpaired) electrons. The van der Waals surface area contributed by atoms with E-state index in [0.29, 0.717) is 11.4 Å². The average molecular weight is 336 g/mol. The Morgan fingerprint density at radius 2 is 1.96 bits per heavy atom. The Morgan fingerprint density at radius 1 is 1.20 bits per heavy atom. The van der Waals surface area contributed by atoms with Crippen molar-refractivity contribution in [1.29, 1.82) is 0 Å². The van der Waals surface area contributed by atoms with Gasteiger partial charge in [0, 0.05) is 11.9 Å². The average Bonchev–Trinajstić information content (AvgIpc) is 2.85. The molecule has 25 heavy (non-hydrogen) atoms. The predicted octanol–water partition coefficient (Wildman–Crippen LogP) is 1.92. The number of pyridine rings is 1. The largest absolute Gasteiger partial charge is 0.329 e. The molecular formula is C18H16N4O3. The summed E-state index contributed by atoms with van der Waals surface area (Å²) in [7, 11) is 0. The molecule has 126 valence electrons. The van der Waals surface area contributed by atoms with Crippen molar-refractivity contribution in [3.63, 3.8) is 0 Å². The zero-order chi connectivity index (χ0) is 17.8. The minimum Gasteiger partial charge on any atom is -0.325 e. The van der Waals surface area contributed by atoms with E-state index in [1.54, 1.807) is 36.5 Å². The fourth-order valence-corrected chi connectivity index (χ4v) is 2.31. The van der Waals surface area contributed by atoms with Crippen LogP contribution in [0.3, 0.4) is 0 Å². The van der Waals surface area contributed by atoms with Gasteiger partial charge in [0.2, 0.25) is 5.91 Å². The van der Waals surface area contributed by atoms with E-state index < -0.39 is 17.8 Å². The van der Waals surface area contributed by atoms with E-state index in [9.17, 15) is 14.4 Å². The first-order valence-electron chi connectivity index (χ1n) is 7.65. The molecule has 2 N–H and O–H groups in total. The smallest absolute Gasteiger partial charge is 0.325 e. The molecule has 2 aromatic rings. The second kappa shape index (κ2) is 6.96. The van der Waals surface area contributed by atoms with Gasteiger partial charge < -0.3 is 10.6 Å². The highest BCUT2D eigenvalue weighted by atomic mass is 16.2. The van der Waals surface area contributed by atoms with Crippen molar-refractivity contribution in [2.24, 2.45) is 0 Å². The third-order valence-electron chi connectivity index (χ3n) is 3.58. The van der Waals surface area contributed by atoms with Crippen LogP contribution in [0.4, 0.5) is 10.5 Å². The van der Waals surface area contributed by atoms with Gasteiger partial charge in [-0.3, -0.25) is 14.6 Å². The van der Waals surface area contributed by atoms with E-state index in [4.69, 9.17) is 0 Å². The maximum absolute atomic E-state index is 12.3. The summed E-state index contributed by atoms with van der Waals surface area (Å²) in [6.45, 7) is 1.58. The van der Waals surface area contributed by atoms with Crippen LogP contribution in [0.1, 0.15) is 11.3 Å². The molecule has 3 rings (SSSR count). The Balaban J connectivity index is 1.67. The van der Waals surface area contributed by atoms with Crippen LogP contribution in [-0.2, 0) is 9.59 Å². The summed E-state index contributed by atoms with van der Waals surface area (Å²) < 4.78 is 0. The standard InChI is InChI=1S/C18H16N4O3/c1-12-5-7-13(8-6-12)20-16(23)11-22-17(24)15(21-18(22)25)10-14-4-2-3-9-19-14/h2-10H,11H2,1H3,(H,20,23)(H,21,25)/b15-10+. The first-order chi connectivity index (χ1) is 12.0. The monoisotopic (exact) mass is 336 g/mol. The number of hydrogen-bond acceptors (Lipinski definition) is 4. The highest BCUT2D eigenvalue weighted by Gasteiger charge is 2.34. The molecule has 0 bridgehead atoms. The molecule has 7 nitrogen and oxygen atoms in total. The summed E-state index contributed by atoms with van der Waals surface area (Å²) in [6, 6.07) is 11.8. The summed E-state index contributed by atoms with van der Waals surface area (Å²) in [5.74, 6) is -1.01. The van der Waals surface area contributed by atoms with Gasteiger partial charge in [-0.1, -0.05) is 23.8 Å². The number of nitrogens with zero attached hydrogens (tertiary/aromatic N) is 2. The molecule has 1 aromatic carbocycles. The highest BCUT2D eigenvalue weighted by Crippen LogP contribution is 2.14. The van der Waals surface area contributed by atoms with Gasteiger partial charge in [0.05, 0.1) is 5.69 Å². The SMILES string of the molecule is Cc1ccc(NC(=O)CN2C(=O)N/C(=C/c3ccccn3)C2=O)cc1. The quantitative estimate of drug-likeness (QED) is 0.659. The Hall–Kier alpha value is -3.48. The topological polar surface area (TPSA) is 91.4 Å². The van der Waals surface area contributed by atoms with Crippen molar-refractivity contribution in [2.75, 3.05) is 11.9 Å². The van der Waals surface area contributed by atoms with Crippen LogP contribution in [0.15, 0.2) is 54.4 Å². The van der Waals surface area contributed by atoms with Gasteiger partial charge in [-0.25, -0.2) is 9.69 Å². The van der Waals surface area contributed by atoms with E-state index in [1.807, 2.05) is 19.1 Å². The van der Waals surface area contributed by atoms with Gasteiger partial charge >= 0.3 is 6.03 Å². The molecule has 1 saturated heterocycles. The van der Waals surface area contributed by atoms with Crippen LogP contribution in [0.25, 0.3) is 6.08 Å². The summed E-state index contributed by atoms with van der Waals surface area (Å²) in [5, 5.41) is 5.11. The van der Waals surface area contributed by atoms with Gasteiger partial charge in [-0.15, -0.1) is 0 Å². The summed E-state index contributed by atoms with van der Waals surface area (Å²) in [5.41, 5.74) is 2.30. The van der Waals surface area contributed by atoms with Gasteiger partial charge in [0.25, 0.3) is 5.91 Å². The number of urea groups is 1. The molecule has 1 fully saturated rings. The number of nitrogens with one attached hydrogen (secondary N) is 2. The van der Waals surface area contributed by atoms with Gasteiger partial charge in [-0.2, -0.15) is 0 Å². The van der Waals surface area contributed by atoms with Crippen molar-refractivity contribution in [1.82, 2.24) is 15.2 Å². The zero-order valence-electron chi connectivity index (χ0n) is 13.5. The fourth-order valence-electron chi connectivity index (χ4n) is 2.31. The summed E-state index contributed by atoms with van der Waals surface area (Å²) >= 11 is 0. The minimum absolute atomic E-state index is 0.0897. The molecule has 1 aromatic heterocycles. The molecule has 0 spiro atoms. The number of rotatable bonds is 4. The number of carbonyl (C=O) groups excluding carboxylic acids is 3. The Labute approximate surface area is 144 Å². The predicted molar refractivity (Wildman–Crippen MR) is 92.3 cm³/mol. The zero-order valence-corrected chi connectivity index (χ0v) is 13.5. The molecule has 4 amide bonds. The van der Waals surface area contributed by atoms with E-state index in [1.165, 1.54) is 6.08 Å². The van der Waals surface area contributed by atoms with Crippen molar-refractivity contribution in [2.45, 2.75) is 6.92 Å². The Bertz CT molecular complexity index is 844. The second-order valence-electron chi connectivity index (χ2n) is 5.55. The molecule has 0 unspecified atom stereocenters. The van der Waals surface area contributed by atoms with Crippen LogP contribution in [0, 0.1) is 6.92 Å². The maximum atomic E-state index is 12.3. The van der Waals surface area contributed by atoms with Crippen molar-refractivity contribution >= 4 is 29.6 Å². The summed E-state index contributed by atoms with van der Waals surface area (Å²) in [6.07, 6.45) is 3.05. The Morgan fingerprint density at radius 3 is 2.64 bits per heavy atom. The highest BCUT2D eigenvalue weighted by molar-refractivity contribution is 6.15. The van der Waals surface area contributed by atoms with Crippen molar-refractivity contribution < 1.29 is 14.4 Å². The van der Waals surface area contributed by atoms with E-state index in [2.05, 4.69) is 15.6 Å². The van der Waals surface area contributed by atoms with E-state index in [0.717, 1.165) is 10.5 Å². The molecule has 2 heterocycles. The third kappa shape index (κ3) is 3.89. The van der Waals surface area contributed by atoms with Crippen molar-refractivity contribution in [3.05, 3.63) is 65.6 Å². The third-order valence-corrected chi connectivity index (χ3v) is 3.58. The molecule has 0 atom stereocenters. The number of aromatic nitrogens is 1. The van der Waals surface area contributed by atoms with Crippen LogP contribution in [-0.4, -0.2) is 34.3 Å². The van der Waals surface area contributed by atoms with Crippen LogP contribution in [0.5, 0.6) is 0 Å². The molecule has 0 saturated carbocycles. The van der Waals surface area contributed by atoms with Gasteiger partial charge in [0.1, 0.15) is 12.2 Å². The van der Waals surface area contributed by atoms with Crippen molar-refractivity contribution in [3.8, 4) is 0 Å². The lowest BCUT2D eigenvalue weighted by molar-refractivity contribution is -0.127. The number of carbonyl (C=O) groups is 3. The number of amides is 4. The molecule has 0 aliphatic carbocycles. The number of imide groups is 1. The lowest BCUT2D eigenvalue weighted by atomic mass is 10.2. The maximum Gasteiger partial charge on any atom is 0.329 e.